The second kappa shape index (κ2) is 7.57. The highest BCUT2D eigenvalue weighted by molar-refractivity contribution is 7.89. The first-order valence-corrected chi connectivity index (χ1v) is 8.30. The van der Waals surface area contributed by atoms with E-state index in [1.807, 2.05) is 0 Å². The van der Waals surface area contributed by atoms with Gasteiger partial charge in [-0.3, -0.25) is 4.79 Å². The third-order valence-electron chi connectivity index (χ3n) is 3.38. The van der Waals surface area contributed by atoms with E-state index in [0.29, 0.717) is 26.1 Å². The number of amides is 2. The Kier molecular flexibility index (Phi) is 6.37. The van der Waals surface area contributed by atoms with E-state index in [9.17, 15) is 23.1 Å². The molecule has 0 radical (unpaired) electrons. The van der Waals surface area contributed by atoms with Crippen molar-refractivity contribution in [3.05, 3.63) is 0 Å². The Morgan fingerprint density at radius 3 is 2.38 bits per heavy atom. The highest BCUT2D eigenvalue weighted by Crippen LogP contribution is 2.29. The molecule has 1 saturated heterocycles. The van der Waals surface area contributed by atoms with Gasteiger partial charge in [0, 0.05) is 26.3 Å². The minimum atomic E-state index is -3.54. The molecule has 21 heavy (non-hydrogen) atoms. The van der Waals surface area contributed by atoms with Crippen LogP contribution < -0.4 is 15.8 Å². The number of carbonyl (C=O) groups excluding carboxylic acids is 1. The molecule has 5 N–H and O–H groups in total. The first-order valence-electron chi connectivity index (χ1n) is 6.58. The maximum atomic E-state index is 11.5. The van der Waals surface area contributed by atoms with Gasteiger partial charge in [-0.15, -0.1) is 0 Å². The summed E-state index contributed by atoms with van der Waals surface area (Å²) >= 11 is 0. The van der Waals surface area contributed by atoms with Crippen LogP contribution >= 0.6 is 0 Å². The Balaban J connectivity index is 2.32. The molecule has 0 saturated carbocycles. The molecule has 0 atom stereocenters. The Morgan fingerprint density at radius 2 is 1.86 bits per heavy atom. The monoisotopic (exact) mass is 323 g/mol. The fourth-order valence-electron chi connectivity index (χ4n) is 2.02. The van der Waals surface area contributed by atoms with Gasteiger partial charge in [0.15, 0.2) is 0 Å². The molecule has 1 fully saturated rings. The molecule has 0 unspecified atom stereocenters. The van der Waals surface area contributed by atoms with Gasteiger partial charge in [0.1, 0.15) is 0 Å². The lowest BCUT2D eigenvalue weighted by molar-refractivity contribution is -0.154. The largest absolute Gasteiger partial charge is 0.481 e. The maximum Gasteiger partial charge on any atom is 0.314 e. The van der Waals surface area contributed by atoms with Crippen molar-refractivity contribution in [2.45, 2.75) is 19.3 Å². The van der Waals surface area contributed by atoms with Crippen molar-refractivity contribution in [2.75, 3.05) is 32.1 Å². The van der Waals surface area contributed by atoms with Gasteiger partial charge in [-0.2, -0.15) is 0 Å². The number of carboxylic acid groups (broad SMARTS) is 1. The van der Waals surface area contributed by atoms with Gasteiger partial charge in [0.2, 0.25) is 10.0 Å². The fourth-order valence-corrected chi connectivity index (χ4v) is 2.56. The van der Waals surface area contributed by atoms with Crippen LogP contribution in [0.2, 0.25) is 0 Å². The molecule has 0 aliphatic carbocycles. The number of carbonyl (C=O) groups is 2. The highest BCUT2D eigenvalue weighted by Gasteiger charge is 2.40. The lowest BCUT2D eigenvalue weighted by Gasteiger charge is -2.33. The molecular formula is C11H21N3O6S. The second-order valence-electron chi connectivity index (χ2n) is 5.03. The van der Waals surface area contributed by atoms with Crippen LogP contribution in [-0.4, -0.2) is 57.6 Å². The van der Waals surface area contributed by atoms with Crippen LogP contribution in [-0.2, 0) is 19.6 Å². The molecule has 1 aliphatic rings. The number of hydrogen-bond donors (Lipinski definition) is 4. The summed E-state index contributed by atoms with van der Waals surface area (Å²) in [6.45, 7) is 0.853. The number of nitrogens with two attached hydrogens (primary N) is 1. The number of hydrogen-bond acceptors (Lipinski definition) is 5. The Labute approximate surface area is 123 Å². The summed E-state index contributed by atoms with van der Waals surface area (Å²) in [5.41, 5.74) is -1.00. The average molecular weight is 323 g/mol. The number of aliphatic carboxylic acids is 1. The molecule has 0 aromatic carbocycles. The summed E-state index contributed by atoms with van der Waals surface area (Å²) in [6, 6.07) is -0.531. The molecule has 2 amide bonds. The lowest BCUT2D eigenvalue weighted by Crippen LogP contribution is -2.49. The van der Waals surface area contributed by atoms with E-state index in [0.717, 1.165) is 0 Å². The van der Waals surface area contributed by atoms with Gasteiger partial charge in [0.05, 0.1) is 11.2 Å². The van der Waals surface area contributed by atoms with Gasteiger partial charge in [-0.05, 0) is 19.3 Å². The molecule has 9 nitrogen and oxygen atoms in total. The summed E-state index contributed by atoms with van der Waals surface area (Å²) < 4.78 is 26.5. The van der Waals surface area contributed by atoms with Crippen molar-refractivity contribution in [3.63, 3.8) is 0 Å². The molecule has 10 heteroatoms. The van der Waals surface area contributed by atoms with Crippen LogP contribution in [0.25, 0.3) is 0 Å². The van der Waals surface area contributed by atoms with Crippen molar-refractivity contribution >= 4 is 22.0 Å². The minimum absolute atomic E-state index is 0.00666. The van der Waals surface area contributed by atoms with E-state index in [2.05, 4.69) is 10.6 Å². The van der Waals surface area contributed by atoms with E-state index in [1.165, 1.54) is 0 Å². The molecule has 0 aromatic rings. The first-order chi connectivity index (χ1) is 9.75. The summed E-state index contributed by atoms with van der Waals surface area (Å²) in [5.74, 6) is -1.18. The maximum absolute atomic E-state index is 11.5. The van der Waals surface area contributed by atoms with Gasteiger partial charge in [-0.25, -0.2) is 18.4 Å². The van der Waals surface area contributed by atoms with E-state index in [-0.39, 0.29) is 25.3 Å². The number of urea groups is 1. The zero-order valence-corrected chi connectivity index (χ0v) is 12.4. The number of nitrogens with one attached hydrogen (secondary N) is 2. The first kappa shape index (κ1) is 17.7. The Hall–Kier alpha value is -1.39. The van der Waals surface area contributed by atoms with Crippen molar-refractivity contribution in [3.8, 4) is 0 Å². The van der Waals surface area contributed by atoms with Crippen LogP contribution in [0.4, 0.5) is 4.79 Å². The summed E-state index contributed by atoms with van der Waals surface area (Å²) in [7, 11) is -3.54. The molecular weight excluding hydrogens is 302 g/mol. The molecule has 1 aliphatic heterocycles. The predicted octanol–water partition coefficient (Wildman–Crippen LogP) is -1.15. The number of ether oxygens (including phenoxy) is 1. The molecule has 122 valence electrons. The van der Waals surface area contributed by atoms with Crippen molar-refractivity contribution in [1.29, 1.82) is 0 Å². The van der Waals surface area contributed by atoms with Crippen molar-refractivity contribution in [2.24, 2.45) is 10.6 Å². The van der Waals surface area contributed by atoms with Crippen molar-refractivity contribution in [1.82, 2.24) is 10.6 Å². The number of carboxylic acids is 1. The van der Waals surface area contributed by atoms with Crippen LogP contribution in [0.5, 0.6) is 0 Å². The number of sulfonamides is 1. The smallest absolute Gasteiger partial charge is 0.314 e. The van der Waals surface area contributed by atoms with Crippen LogP contribution in [0.1, 0.15) is 19.3 Å². The summed E-state index contributed by atoms with van der Waals surface area (Å²) in [4.78, 5) is 22.9. The molecule has 1 rings (SSSR count). The summed E-state index contributed by atoms with van der Waals surface area (Å²) in [6.07, 6.45) is 0.881. The quantitative estimate of drug-likeness (QED) is 0.435. The van der Waals surface area contributed by atoms with E-state index in [1.54, 1.807) is 0 Å². The predicted molar refractivity (Wildman–Crippen MR) is 74.1 cm³/mol. The fraction of sp³-hybridized carbons (Fsp3) is 0.818. The van der Waals surface area contributed by atoms with Gasteiger partial charge >= 0.3 is 12.0 Å². The molecule has 0 aromatic heterocycles. The minimum Gasteiger partial charge on any atom is -0.481 e. The van der Waals surface area contributed by atoms with E-state index < -0.39 is 27.4 Å². The average Bonchev–Trinajstić information content (AvgIpc) is 2.41. The van der Waals surface area contributed by atoms with Gasteiger partial charge < -0.3 is 20.5 Å². The van der Waals surface area contributed by atoms with Gasteiger partial charge in [0.25, 0.3) is 0 Å². The molecule has 0 bridgehead atoms. The number of primary sulfonamides is 1. The third kappa shape index (κ3) is 6.27. The van der Waals surface area contributed by atoms with Gasteiger partial charge in [-0.1, -0.05) is 0 Å². The van der Waals surface area contributed by atoms with E-state index >= 15 is 0 Å². The highest BCUT2D eigenvalue weighted by atomic mass is 32.2. The van der Waals surface area contributed by atoms with Crippen LogP contribution in [0.3, 0.4) is 0 Å². The zero-order valence-electron chi connectivity index (χ0n) is 11.6. The lowest BCUT2D eigenvalue weighted by atomic mass is 9.80. The van der Waals surface area contributed by atoms with Crippen LogP contribution in [0.15, 0.2) is 0 Å². The SMILES string of the molecule is NS(=O)(=O)CCCNC(=O)NCC1(C(=O)O)CCOCC1. The molecule has 0 spiro atoms. The number of rotatable bonds is 7. The Bertz CT molecular complexity index is 472. The second-order valence-corrected chi connectivity index (χ2v) is 6.76. The summed E-state index contributed by atoms with van der Waals surface area (Å²) in [5, 5.41) is 19.1. The normalized spacial score (nSPS) is 18.0. The third-order valence-corrected chi connectivity index (χ3v) is 4.24. The zero-order chi connectivity index (χ0) is 15.9. The van der Waals surface area contributed by atoms with Crippen LogP contribution in [0, 0.1) is 5.41 Å². The van der Waals surface area contributed by atoms with Crippen molar-refractivity contribution < 1.29 is 27.9 Å². The van der Waals surface area contributed by atoms with E-state index in [4.69, 9.17) is 9.88 Å². The molecule has 1 heterocycles. The standard InChI is InChI=1S/C11H21N3O6S/c12-21(18,19)7-1-4-13-10(17)14-8-11(9(15)16)2-5-20-6-3-11/h1-8H2,(H,15,16)(H2,12,18,19)(H2,13,14,17). The Morgan fingerprint density at radius 1 is 1.24 bits per heavy atom. The topological polar surface area (TPSA) is 148 Å².